The maximum absolute atomic E-state index is 13.6. The molecule has 30 heavy (non-hydrogen) atoms. The third kappa shape index (κ3) is 5.20. The first-order chi connectivity index (χ1) is 14.3. The summed E-state index contributed by atoms with van der Waals surface area (Å²) in [6.45, 7) is -3.06. The predicted molar refractivity (Wildman–Crippen MR) is 104 cm³/mol. The summed E-state index contributed by atoms with van der Waals surface area (Å²) in [6.07, 6.45) is 1.45. The Labute approximate surface area is 173 Å². The normalized spacial score (nSPS) is 15.2. The Morgan fingerprint density at radius 1 is 1.13 bits per heavy atom. The van der Waals surface area contributed by atoms with Crippen LogP contribution in [0.15, 0.2) is 53.4 Å². The molecular formula is C20H15F3N2O4S. The molecular weight excluding hydrogens is 421 g/mol. The van der Waals surface area contributed by atoms with Crippen LogP contribution < -0.4 is 10.1 Å². The molecule has 1 saturated heterocycles. The van der Waals surface area contributed by atoms with Crippen molar-refractivity contribution in [2.45, 2.75) is 6.61 Å². The molecule has 10 heteroatoms. The second-order valence-electron chi connectivity index (χ2n) is 6.02. The third-order valence-electron chi connectivity index (χ3n) is 4.02. The predicted octanol–water partition coefficient (Wildman–Crippen LogP) is 3.89. The highest BCUT2D eigenvalue weighted by molar-refractivity contribution is 8.18. The highest BCUT2D eigenvalue weighted by atomic mass is 32.2. The molecule has 3 rings (SSSR count). The molecule has 156 valence electrons. The van der Waals surface area contributed by atoms with Crippen molar-refractivity contribution in [2.75, 3.05) is 13.1 Å². The summed E-state index contributed by atoms with van der Waals surface area (Å²) in [5.41, 5.74) is 0.390. The van der Waals surface area contributed by atoms with E-state index in [1.54, 1.807) is 0 Å². The maximum atomic E-state index is 13.6. The van der Waals surface area contributed by atoms with Crippen molar-refractivity contribution >= 4 is 34.9 Å². The molecule has 1 aliphatic heterocycles. The lowest BCUT2D eigenvalue weighted by Gasteiger charge is -2.13. The lowest BCUT2D eigenvalue weighted by Crippen LogP contribution is -2.37. The van der Waals surface area contributed by atoms with Crippen LogP contribution in [-0.4, -0.2) is 41.7 Å². The second-order valence-corrected chi connectivity index (χ2v) is 7.01. The van der Waals surface area contributed by atoms with E-state index >= 15 is 0 Å². The number of rotatable bonds is 7. The monoisotopic (exact) mass is 436 g/mol. The Kier molecular flexibility index (Phi) is 6.78. The highest BCUT2D eigenvalue weighted by Crippen LogP contribution is 2.32. The average molecular weight is 436 g/mol. The van der Waals surface area contributed by atoms with Crippen molar-refractivity contribution < 1.29 is 32.3 Å². The number of carbonyl (C=O) groups is 3. The van der Waals surface area contributed by atoms with Crippen LogP contribution in [0.3, 0.4) is 0 Å². The molecule has 0 radical (unpaired) electrons. The van der Waals surface area contributed by atoms with Crippen LogP contribution >= 0.6 is 11.8 Å². The zero-order chi connectivity index (χ0) is 21.7. The number of carbonyl (C=O) groups excluding carboxylic acids is 3. The fourth-order valence-electron chi connectivity index (χ4n) is 2.61. The zero-order valence-electron chi connectivity index (χ0n) is 15.3. The SMILES string of the molecule is O=C(NCCN1C(=O)S/C(=C/c2ccc(OC(F)F)cc2)C1=O)c1ccccc1F. The first kappa shape index (κ1) is 21.4. The van der Waals surface area contributed by atoms with Crippen LogP contribution in [0.4, 0.5) is 18.0 Å². The van der Waals surface area contributed by atoms with Crippen LogP contribution in [0.5, 0.6) is 5.75 Å². The van der Waals surface area contributed by atoms with Crippen molar-refractivity contribution in [1.29, 1.82) is 0 Å². The van der Waals surface area contributed by atoms with Crippen molar-refractivity contribution in [3.8, 4) is 5.75 Å². The van der Waals surface area contributed by atoms with Gasteiger partial charge >= 0.3 is 6.61 Å². The summed E-state index contributed by atoms with van der Waals surface area (Å²) in [4.78, 5) is 37.7. The lowest BCUT2D eigenvalue weighted by molar-refractivity contribution is -0.122. The van der Waals surface area contributed by atoms with E-state index in [0.717, 1.165) is 22.7 Å². The number of ether oxygens (including phenoxy) is 1. The van der Waals surface area contributed by atoms with Gasteiger partial charge in [-0.1, -0.05) is 24.3 Å². The van der Waals surface area contributed by atoms with Gasteiger partial charge in [0.15, 0.2) is 0 Å². The summed E-state index contributed by atoms with van der Waals surface area (Å²) >= 11 is 0.724. The minimum atomic E-state index is -2.94. The number of nitrogens with zero attached hydrogens (tertiary/aromatic N) is 1. The molecule has 0 unspecified atom stereocenters. The van der Waals surface area contributed by atoms with Gasteiger partial charge in [-0.2, -0.15) is 8.78 Å². The molecule has 0 aromatic heterocycles. The van der Waals surface area contributed by atoms with E-state index in [0.29, 0.717) is 5.56 Å². The number of alkyl halides is 2. The number of thioether (sulfide) groups is 1. The molecule has 1 heterocycles. The van der Waals surface area contributed by atoms with Crippen LogP contribution in [0.1, 0.15) is 15.9 Å². The molecule has 3 amide bonds. The summed E-state index contributed by atoms with van der Waals surface area (Å²) in [5, 5.41) is 1.95. The number of imide groups is 1. The first-order valence-corrected chi connectivity index (χ1v) is 9.50. The Hall–Kier alpha value is -3.27. The zero-order valence-corrected chi connectivity index (χ0v) is 16.1. The van der Waals surface area contributed by atoms with Gasteiger partial charge in [0.05, 0.1) is 10.5 Å². The molecule has 2 aromatic carbocycles. The third-order valence-corrected chi connectivity index (χ3v) is 4.92. The van der Waals surface area contributed by atoms with Crippen LogP contribution in [0.25, 0.3) is 6.08 Å². The van der Waals surface area contributed by atoms with Gasteiger partial charge in [0, 0.05) is 13.1 Å². The van der Waals surface area contributed by atoms with Crippen molar-refractivity contribution in [3.05, 3.63) is 70.4 Å². The Morgan fingerprint density at radius 3 is 2.50 bits per heavy atom. The van der Waals surface area contributed by atoms with Gasteiger partial charge in [0.1, 0.15) is 11.6 Å². The van der Waals surface area contributed by atoms with E-state index in [4.69, 9.17) is 0 Å². The van der Waals surface area contributed by atoms with Crippen molar-refractivity contribution in [2.24, 2.45) is 0 Å². The molecule has 0 aliphatic carbocycles. The molecule has 1 aliphatic rings. The van der Waals surface area contributed by atoms with Crippen molar-refractivity contribution in [3.63, 3.8) is 0 Å². The minimum absolute atomic E-state index is 0.0270. The Balaban J connectivity index is 1.58. The number of hydrogen-bond acceptors (Lipinski definition) is 5. The summed E-state index contributed by atoms with van der Waals surface area (Å²) < 4.78 is 42.2. The van der Waals surface area contributed by atoms with E-state index in [9.17, 15) is 27.6 Å². The quantitative estimate of drug-likeness (QED) is 0.667. The van der Waals surface area contributed by atoms with Gasteiger partial charge in [-0.25, -0.2) is 4.39 Å². The topological polar surface area (TPSA) is 75.7 Å². The van der Waals surface area contributed by atoms with Gasteiger partial charge in [0.25, 0.3) is 17.1 Å². The summed E-state index contributed by atoms with van der Waals surface area (Å²) in [7, 11) is 0. The number of halogens is 3. The molecule has 2 aromatic rings. The first-order valence-electron chi connectivity index (χ1n) is 8.68. The number of hydrogen-bond donors (Lipinski definition) is 1. The maximum Gasteiger partial charge on any atom is 0.387 e. The number of benzene rings is 2. The fraction of sp³-hybridized carbons (Fsp3) is 0.150. The second kappa shape index (κ2) is 9.49. The highest BCUT2D eigenvalue weighted by Gasteiger charge is 2.34. The van der Waals surface area contributed by atoms with Gasteiger partial charge in [-0.3, -0.25) is 19.3 Å². The number of nitrogens with one attached hydrogen (secondary N) is 1. The van der Waals surface area contributed by atoms with Crippen LogP contribution in [0.2, 0.25) is 0 Å². The van der Waals surface area contributed by atoms with Crippen molar-refractivity contribution in [1.82, 2.24) is 10.2 Å². The van der Waals surface area contributed by atoms with E-state index in [1.165, 1.54) is 48.5 Å². The molecule has 6 nitrogen and oxygen atoms in total. The minimum Gasteiger partial charge on any atom is -0.435 e. The largest absolute Gasteiger partial charge is 0.435 e. The fourth-order valence-corrected chi connectivity index (χ4v) is 3.48. The summed E-state index contributed by atoms with van der Waals surface area (Å²) in [6, 6.07) is 11.0. The smallest absolute Gasteiger partial charge is 0.387 e. The molecule has 0 atom stereocenters. The van der Waals surface area contributed by atoms with Gasteiger partial charge in [-0.05, 0) is 47.7 Å². The van der Waals surface area contributed by atoms with Gasteiger partial charge < -0.3 is 10.1 Å². The van der Waals surface area contributed by atoms with Gasteiger partial charge in [-0.15, -0.1) is 0 Å². The Morgan fingerprint density at radius 2 is 1.83 bits per heavy atom. The van der Waals surface area contributed by atoms with E-state index < -0.39 is 29.5 Å². The van der Waals surface area contributed by atoms with Crippen LogP contribution in [-0.2, 0) is 4.79 Å². The van der Waals surface area contributed by atoms with Crippen LogP contribution in [0, 0.1) is 5.82 Å². The Bertz CT molecular complexity index is 996. The van der Waals surface area contributed by atoms with Gasteiger partial charge in [0.2, 0.25) is 0 Å². The van der Waals surface area contributed by atoms with E-state index in [2.05, 4.69) is 10.1 Å². The lowest BCUT2D eigenvalue weighted by atomic mass is 10.2. The molecule has 1 fully saturated rings. The molecule has 0 spiro atoms. The standard InChI is InChI=1S/C20H15F3N2O4S/c21-15-4-2-1-3-14(15)17(26)24-9-10-25-18(27)16(30-20(25)28)11-12-5-7-13(8-6-12)29-19(22)23/h1-8,11,19H,9-10H2,(H,24,26)/b16-11+. The molecule has 0 saturated carbocycles. The summed E-state index contributed by atoms with van der Waals surface area (Å²) in [5.74, 6) is -1.89. The molecule has 0 bridgehead atoms. The number of amides is 3. The van der Waals surface area contributed by atoms with E-state index in [-0.39, 0.29) is 29.3 Å². The van der Waals surface area contributed by atoms with E-state index in [1.807, 2.05) is 0 Å². The molecule has 1 N–H and O–H groups in total. The average Bonchev–Trinajstić information content (AvgIpc) is 2.96.